The van der Waals surface area contributed by atoms with Gasteiger partial charge in [0.05, 0.1) is 26.2 Å². The molecule has 1 unspecified atom stereocenters. The van der Waals surface area contributed by atoms with Gasteiger partial charge in [0.2, 0.25) is 5.79 Å². The van der Waals surface area contributed by atoms with E-state index in [0.29, 0.717) is 17.7 Å². The van der Waals surface area contributed by atoms with Crippen molar-refractivity contribution in [3.05, 3.63) is 74.2 Å². The summed E-state index contributed by atoms with van der Waals surface area (Å²) in [6.45, 7) is 3.32. The monoisotopic (exact) mass is 539 g/mol. The van der Waals surface area contributed by atoms with E-state index in [2.05, 4.69) is 22.5 Å². The number of thioether (sulfide) groups is 1. The van der Waals surface area contributed by atoms with Crippen LogP contribution in [0, 0.1) is 11.3 Å². The van der Waals surface area contributed by atoms with Crippen molar-refractivity contribution >= 4 is 47.4 Å². The van der Waals surface area contributed by atoms with Crippen molar-refractivity contribution in [2.45, 2.75) is 24.0 Å². The molecule has 2 aromatic rings. The van der Waals surface area contributed by atoms with Crippen LogP contribution in [-0.4, -0.2) is 18.0 Å². The lowest BCUT2D eigenvalue weighted by molar-refractivity contribution is -0.137. The summed E-state index contributed by atoms with van der Waals surface area (Å²) in [6, 6.07) is 11.2. The third-order valence-corrected chi connectivity index (χ3v) is 6.10. The van der Waals surface area contributed by atoms with Gasteiger partial charge in [0.1, 0.15) is 11.8 Å². The Morgan fingerprint density at radius 1 is 1.12 bits per heavy atom. The molecule has 1 aliphatic heterocycles. The van der Waals surface area contributed by atoms with Gasteiger partial charge < -0.3 is 0 Å². The normalized spacial score (nSPS) is 18.6. The van der Waals surface area contributed by atoms with Crippen LogP contribution in [0.4, 0.5) is 32.0 Å². The molecule has 0 saturated carbocycles. The van der Waals surface area contributed by atoms with E-state index in [0.717, 1.165) is 5.01 Å². The highest BCUT2D eigenvalue weighted by Gasteiger charge is 2.53. The van der Waals surface area contributed by atoms with Crippen molar-refractivity contribution in [3.63, 3.8) is 0 Å². The zero-order chi connectivity index (χ0) is 25.3. The number of anilines is 1. The zero-order valence-corrected chi connectivity index (χ0v) is 19.1. The largest absolute Gasteiger partial charge is 0.446 e. The Labute approximate surface area is 204 Å². The van der Waals surface area contributed by atoms with Crippen molar-refractivity contribution in [1.82, 2.24) is 10.7 Å². The Kier molecular flexibility index (Phi) is 7.33. The van der Waals surface area contributed by atoms with Gasteiger partial charge in [0.15, 0.2) is 0 Å². The van der Waals surface area contributed by atoms with Crippen LogP contribution >= 0.6 is 35.0 Å². The summed E-state index contributed by atoms with van der Waals surface area (Å²) in [5, 5.41) is 12.1. The van der Waals surface area contributed by atoms with Crippen LogP contribution in [0.25, 0.3) is 0 Å². The van der Waals surface area contributed by atoms with Crippen LogP contribution in [0.1, 0.15) is 11.1 Å². The fourth-order valence-corrected chi connectivity index (χ4v) is 4.62. The molecule has 0 radical (unpaired) electrons. The summed E-state index contributed by atoms with van der Waals surface area (Å²) in [6.07, 6.45) is -4.78. The first-order valence-corrected chi connectivity index (χ1v) is 10.7. The van der Waals surface area contributed by atoms with Gasteiger partial charge >= 0.3 is 11.7 Å². The predicted molar refractivity (Wildman–Crippen MR) is 119 cm³/mol. The van der Waals surface area contributed by atoms with Crippen LogP contribution in [0.2, 0.25) is 10.0 Å². The van der Waals surface area contributed by atoms with E-state index in [1.807, 2.05) is 0 Å². The van der Waals surface area contributed by atoms with Crippen LogP contribution in [0.15, 0.2) is 58.1 Å². The van der Waals surface area contributed by atoms with E-state index >= 15 is 0 Å². The number of hydrogen-bond donors (Lipinski definition) is 2. The average molecular weight is 540 g/mol. The van der Waals surface area contributed by atoms with Gasteiger partial charge in [-0.15, -0.1) is 0 Å². The number of hydrogen-bond acceptors (Lipinski definition) is 6. The zero-order valence-electron chi connectivity index (χ0n) is 16.7. The Balaban J connectivity index is 2.18. The van der Waals surface area contributed by atoms with Crippen molar-refractivity contribution < 1.29 is 26.3 Å². The molecule has 3 rings (SSSR count). The van der Waals surface area contributed by atoms with Crippen LogP contribution in [-0.2, 0) is 12.7 Å². The third kappa shape index (κ3) is 5.22. The molecule has 2 N–H and O–H groups in total. The molecule has 0 aromatic heterocycles. The van der Waals surface area contributed by atoms with Crippen molar-refractivity contribution in [3.8, 4) is 6.07 Å². The lowest BCUT2D eigenvalue weighted by Crippen LogP contribution is -2.59. The van der Waals surface area contributed by atoms with Gasteiger partial charge in [-0.05, 0) is 36.2 Å². The van der Waals surface area contributed by atoms with Crippen molar-refractivity contribution in [1.29, 1.82) is 5.26 Å². The SMILES string of the molecule is C=NC1(NCc2ccccc2)C(SC(F)(F)F)=C(C#N)NN1c1c(Cl)cc(C(F)(F)F)cc1Cl. The first-order chi connectivity index (χ1) is 15.8. The summed E-state index contributed by atoms with van der Waals surface area (Å²) in [4.78, 5) is 3.20. The molecule has 1 aliphatic rings. The Morgan fingerprint density at radius 2 is 1.71 bits per heavy atom. The summed E-state index contributed by atoms with van der Waals surface area (Å²) in [7, 11) is 0. The smallest absolute Gasteiger partial charge is 0.284 e. The number of aliphatic imine (C=N–C) groups is 1. The van der Waals surface area contributed by atoms with E-state index in [-0.39, 0.29) is 12.2 Å². The van der Waals surface area contributed by atoms with Gasteiger partial charge in [-0.25, -0.2) is 5.01 Å². The maximum absolute atomic E-state index is 13.4. The molecule has 0 saturated heterocycles. The Morgan fingerprint density at radius 3 is 2.18 bits per heavy atom. The van der Waals surface area contributed by atoms with Crippen molar-refractivity contribution in [2.24, 2.45) is 4.99 Å². The van der Waals surface area contributed by atoms with Crippen LogP contribution in [0.5, 0.6) is 0 Å². The maximum Gasteiger partial charge on any atom is 0.446 e. The molecule has 180 valence electrons. The molecule has 0 bridgehead atoms. The van der Waals surface area contributed by atoms with E-state index in [1.54, 1.807) is 36.4 Å². The number of nitrogens with zero attached hydrogens (tertiary/aromatic N) is 3. The van der Waals surface area contributed by atoms with Crippen LogP contribution < -0.4 is 15.8 Å². The number of halogens is 8. The van der Waals surface area contributed by atoms with E-state index < -0.39 is 55.4 Å². The Bertz CT molecular complexity index is 1140. The molecule has 0 spiro atoms. The molecular weight excluding hydrogens is 527 g/mol. The topological polar surface area (TPSA) is 63.5 Å². The van der Waals surface area contributed by atoms with Gasteiger partial charge in [0, 0.05) is 6.54 Å². The molecule has 14 heteroatoms. The third-order valence-electron chi connectivity index (χ3n) is 4.60. The average Bonchev–Trinajstić information content (AvgIpc) is 3.03. The fraction of sp³-hybridized carbons (Fsp3) is 0.200. The molecule has 0 aliphatic carbocycles. The van der Waals surface area contributed by atoms with Gasteiger partial charge in [0.25, 0.3) is 0 Å². The minimum atomic E-state index is -4.84. The highest BCUT2D eigenvalue weighted by molar-refractivity contribution is 8.04. The summed E-state index contributed by atoms with van der Waals surface area (Å²) in [5.41, 5.74) is -3.85. The number of nitriles is 1. The van der Waals surface area contributed by atoms with Crippen LogP contribution in [0.3, 0.4) is 0 Å². The second-order valence-electron chi connectivity index (χ2n) is 6.77. The predicted octanol–water partition coefficient (Wildman–Crippen LogP) is 6.47. The Hall–Kier alpha value is -2.59. The van der Waals surface area contributed by atoms with E-state index in [9.17, 15) is 31.6 Å². The first kappa shape index (κ1) is 26.0. The summed E-state index contributed by atoms with van der Waals surface area (Å²) < 4.78 is 79.9. The number of rotatable bonds is 6. The lowest BCUT2D eigenvalue weighted by Gasteiger charge is -2.38. The second-order valence-corrected chi connectivity index (χ2v) is 8.66. The fourth-order valence-electron chi connectivity index (χ4n) is 3.17. The number of alkyl halides is 6. The maximum atomic E-state index is 13.4. The molecule has 5 nitrogen and oxygen atoms in total. The van der Waals surface area contributed by atoms with Gasteiger partial charge in [-0.1, -0.05) is 53.5 Å². The molecule has 0 amide bonds. The molecule has 2 aromatic carbocycles. The quantitative estimate of drug-likeness (QED) is 0.325. The molecule has 34 heavy (non-hydrogen) atoms. The number of benzene rings is 2. The highest BCUT2D eigenvalue weighted by atomic mass is 35.5. The molecule has 1 atom stereocenters. The molecular formula is C20H13Cl2F6N5S. The lowest BCUT2D eigenvalue weighted by atomic mass is 10.1. The molecule has 0 fully saturated rings. The number of allylic oxidation sites excluding steroid dienone is 1. The van der Waals surface area contributed by atoms with E-state index in [4.69, 9.17) is 23.2 Å². The molecule has 1 heterocycles. The highest BCUT2D eigenvalue weighted by Crippen LogP contribution is 2.50. The number of hydrazine groups is 1. The first-order valence-electron chi connectivity index (χ1n) is 9.13. The summed E-state index contributed by atoms with van der Waals surface area (Å²) in [5.74, 6) is -2.20. The second kappa shape index (κ2) is 9.58. The van der Waals surface area contributed by atoms with E-state index in [1.165, 1.54) is 0 Å². The summed E-state index contributed by atoms with van der Waals surface area (Å²) >= 11 is 11.6. The number of nitrogens with one attached hydrogen (secondary N) is 2. The minimum Gasteiger partial charge on any atom is -0.284 e. The van der Waals surface area contributed by atoms with Crippen molar-refractivity contribution in [2.75, 3.05) is 5.01 Å². The standard InChI is InChI=1S/C20H13Cl2F6N5S/c1-30-19(31-10-11-5-3-2-4-6-11)17(34-20(26,27)28)15(9-29)32-33(19)16-13(21)7-12(8-14(16)22)18(23,24)25/h2-8,31-32H,1,10H2. The van der Waals surface area contributed by atoms with Gasteiger partial charge in [-0.2, -0.15) is 31.6 Å². The van der Waals surface area contributed by atoms with Gasteiger partial charge in [-0.3, -0.25) is 15.7 Å². The minimum absolute atomic E-state index is 0.0610.